The first kappa shape index (κ1) is 13.3. The standard InChI is InChI=1S/C12H8Cl3NO2/c1-18-7-5-3-2-4-6(7)11(17)10-8(13)9(14)12(15)16-10/h2-5,16H,1H3. The van der Waals surface area contributed by atoms with Gasteiger partial charge in [0.05, 0.1) is 22.7 Å². The maximum atomic E-state index is 12.3. The van der Waals surface area contributed by atoms with Crippen molar-refractivity contribution in [3.8, 4) is 5.75 Å². The summed E-state index contributed by atoms with van der Waals surface area (Å²) in [4.78, 5) is 15.0. The summed E-state index contributed by atoms with van der Waals surface area (Å²) in [6.45, 7) is 0. The molecule has 1 N–H and O–H groups in total. The van der Waals surface area contributed by atoms with Crippen molar-refractivity contribution in [2.45, 2.75) is 0 Å². The number of H-pyrrole nitrogens is 1. The summed E-state index contributed by atoms with van der Waals surface area (Å²) in [5, 5.41) is 0.383. The number of ketones is 1. The molecule has 1 aromatic heterocycles. The molecule has 0 saturated heterocycles. The lowest BCUT2D eigenvalue weighted by atomic mass is 10.1. The fourth-order valence-corrected chi connectivity index (χ4v) is 2.16. The maximum absolute atomic E-state index is 12.3. The van der Waals surface area contributed by atoms with Gasteiger partial charge in [0.2, 0.25) is 5.78 Å². The van der Waals surface area contributed by atoms with Crippen LogP contribution in [0.4, 0.5) is 0 Å². The molecule has 3 nitrogen and oxygen atoms in total. The fraction of sp³-hybridized carbons (Fsp3) is 0.0833. The molecule has 0 bridgehead atoms. The van der Waals surface area contributed by atoms with E-state index in [0.717, 1.165) is 0 Å². The smallest absolute Gasteiger partial charge is 0.214 e. The molecule has 1 heterocycles. The summed E-state index contributed by atoms with van der Waals surface area (Å²) in [5.74, 6) is 0.131. The molecule has 0 radical (unpaired) electrons. The van der Waals surface area contributed by atoms with E-state index in [-0.39, 0.29) is 26.7 Å². The van der Waals surface area contributed by atoms with Crippen molar-refractivity contribution >= 4 is 40.6 Å². The van der Waals surface area contributed by atoms with E-state index >= 15 is 0 Å². The minimum atomic E-state index is -0.328. The Labute approximate surface area is 119 Å². The van der Waals surface area contributed by atoms with Crippen molar-refractivity contribution in [2.24, 2.45) is 0 Å². The van der Waals surface area contributed by atoms with Gasteiger partial charge >= 0.3 is 0 Å². The van der Waals surface area contributed by atoms with Gasteiger partial charge in [-0.15, -0.1) is 0 Å². The number of halogens is 3. The van der Waals surface area contributed by atoms with Crippen molar-refractivity contribution in [1.29, 1.82) is 0 Å². The van der Waals surface area contributed by atoms with Crippen LogP contribution in [0.2, 0.25) is 15.2 Å². The number of hydrogen-bond donors (Lipinski definition) is 1. The van der Waals surface area contributed by atoms with Crippen LogP contribution in [0.5, 0.6) is 5.75 Å². The number of ether oxygens (including phenoxy) is 1. The predicted octanol–water partition coefficient (Wildman–Crippen LogP) is 4.21. The van der Waals surface area contributed by atoms with Crippen LogP contribution in [-0.2, 0) is 0 Å². The molecule has 0 unspecified atom stereocenters. The van der Waals surface area contributed by atoms with Gasteiger partial charge in [0, 0.05) is 0 Å². The molecule has 0 amide bonds. The predicted molar refractivity (Wildman–Crippen MR) is 72.2 cm³/mol. The lowest BCUT2D eigenvalue weighted by molar-refractivity contribution is 0.103. The highest BCUT2D eigenvalue weighted by Crippen LogP contribution is 2.34. The number of benzene rings is 1. The van der Waals surface area contributed by atoms with E-state index in [0.29, 0.717) is 11.3 Å². The van der Waals surface area contributed by atoms with Gasteiger partial charge in [-0.3, -0.25) is 4.79 Å². The van der Waals surface area contributed by atoms with Crippen LogP contribution in [0.3, 0.4) is 0 Å². The van der Waals surface area contributed by atoms with Crippen molar-refractivity contribution in [3.63, 3.8) is 0 Å². The molecule has 2 rings (SSSR count). The number of methoxy groups -OCH3 is 1. The van der Waals surface area contributed by atoms with Crippen LogP contribution in [-0.4, -0.2) is 17.9 Å². The Kier molecular flexibility index (Phi) is 3.85. The molecule has 0 fully saturated rings. The monoisotopic (exact) mass is 303 g/mol. The topological polar surface area (TPSA) is 42.1 Å². The number of carbonyl (C=O) groups is 1. The lowest BCUT2D eigenvalue weighted by Crippen LogP contribution is -2.04. The van der Waals surface area contributed by atoms with Crippen LogP contribution >= 0.6 is 34.8 Å². The Morgan fingerprint density at radius 1 is 1.17 bits per heavy atom. The second-order valence-electron chi connectivity index (χ2n) is 3.47. The SMILES string of the molecule is COc1ccccc1C(=O)c1[nH]c(Cl)c(Cl)c1Cl. The Morgan fingerprint density at radius 3 is 2.39 bits per heavy atom. The van der Waals surface area contributed by atoms with E-state index in [1.165, 1.54) is 7.11 Å². The quantitative estimate of drug-likeness (QED) is 0.863. The highest BCUT2D eigenvalue weighted by Gasteiger charge is 2.22. The number of nitrogens with one attached hydrogen (secondary N) is 1. The fourth-order valence-electron chi connectivity index (χ4n) is 1.55. The van der Waals surface area contributed by atoms with Gasteiger partial charge in [0.15, 0.2) is 0 Å². The Bertz CT molecular complexity index is 607. The molecule has 0 atom stereocenters. The van der Waals surface area contributed by atoms with Gasteiger partial charge < -0.3 is 9.72 Å². The first-order valence-corrected chi connectivity index (χ1v) is 6.09. The molecule has 0 aliphatic heterocycles. The van der Waals surface area contributed by atoms with Crippen molar-refractivity contribution in [2.75, 3.05) is 7.11 Å². The van der Waals surface area contributed by atoms with E-state index in [1.54, 1.807) is 24.3 Å². The summed E-state index contributed by atoms with van der Waals surface area (Å²) in [5.41, 5.74) is 0.535. The van der Waals surface area contributed by atoms with Crippen molar-refractivity contribution < 1.29 is 9.53 Å². The Morgan fingerprint density at radius 2 is 1.83 bits per heavy atom. The lowest BCUT2D eigenvalue weighted by Gasteiger charge is -2.06. The normalized spacial score (nSPS) is 10.4. The number of carbonyl (C=O) groups excluding carboxylic acids is 1. The van der Waals surface area contributed by atoms with E-state index in [2.05, 4.69) is 4.98 Å². The Balaban J connectivity index is 2.51. The zero-order valence-corrected chi connectivity index (χ0v) is 11.5. The van der Waals surface area contributed by atoms with Crippen molar-refractivity contribution in [3.05, 3.63) is 50.7 Å². The van der Waals surface area contributed by atoms with Gasteiger partial charge in [-0.2, -0.15) is 0 Å². The molecule has 0 spiro atoms. The summed E-state index contributed by atoms with van der Waals surface area (Å²) >= 11 is 17.6. The Hall–Kier alpha value is -1.16. The summed E-state index contributed by atoms with van der Waals surface area (Å²) in [6, 6.07) is 6.83. The van der Waals surface area contributed by atoms with Crippen LogP contribution in [0.25, 0.3) is 0 Å². The number of rotatable bonds is 3. The van der Waals surface area contributed by atoms with Gasteiger partial charge in [-0.25, -0.2) is 0 Å². The van der Waals surface area contributed by atoms with Gasteiger partial charge in [-0.1, -0.05) is 46.9 Å². The molecule has 1 aromatic carbocycles. The van der Waals surface area contributed by atoms with Gasteiger partial charge in [0.1, 0.15) is 16.6 Å². The largest absolute Gasteiger partial charge is 0.496 e. The van der Waals surface area contributed by atoms with Crippen LogP contribution in [0, 0.1) is 0 Å². The molecule has 0 aliphatic rings. The number of aromatic nitrogens is 1. The minimum absolute atomic E-state index is 0.109. The molecular weight excluding hydrogens is 296 g/mol. The van der Waals surface area contributed by atoms with Crippen molar-refractivity contribution in [1.82, 2.24) is 4.98 Å². The number of para-hydroxylation sites is 1. The zero-order valence-electron chi connectivity index (χ0n) is 9.26. The third-order valence-electron chi connectivity index (χ3n) is 2.42. The average molecular weight is 305 g/mol. The highest BCUT2D eigenvalue weighted by molar-refractivity contribution is 6.49. The second kappa shape index (κ2) is 5.22. The second-order valence-corrected chi connectivity index (χ2v) is 4.61. The van der Waals surface area contributed by atoms with Crippen LogP contribution in [0.1, 0.15) is 16.1 Å². The average Bonchev–Trinajstić information content (AvgIpc) is 2.65. The molecule has 0 aliphatic carbocycles. The van der Waals surface area contributed by atoms with Gasteiger partial charge in [0.25, 0.3) is 0 Å². The summed E-state index contributed by atoms with van der Waals surface area (Å²) in [7, 11) is 1.49. The zero-order chi connectivity index (χ0) is 13.3. The molecule has 2 aromatic rings. The van der Waals surface area contributed by atoms with Crippen LogP contribution < -0.4 is 4.74 Å². The molecule has 0 saturated carbocycles. The molecule has 6 heteroatoms. The third-order valence-corrected chi connectivity index (χ3v) is 3.65. The highest BCUT2D eigenvalue weighted by atomic mass is 35.5. The van der Waals surface area contributed by atoms with E-state index in [9.17, 15) is 4.79 Å². The minimum Gasteiger partial charge on any atom is -0.496 e. The van der Waals surface area contributed by atoms with E-state index in [4.69, 9.17) is 39.5 Å². The van der Waals surface area contributed by atoms with E-state index < -0.39 is 0 Å². The van der Waals surface area contributed by atoms with Crippen LogP contribution in [0.15, 0.2) is 24.3 Å². The third kappa shape index (κ3) is 2.21. The van der Waals surface area contributed by atoms with E-state index in [1.807, 2.05) is 0 Å². The summed E-state index contributed by atoms with van der Waals surface area (Å²) in [6.07, 6.45) is 0. The maximum Gasteiger partial charge on any atom is 0.214 e. The molecular formula is C12H8Cl3NO2. The number of aromatic amines is 1. The first-order chi connectivity index (χ1) is 8.56. The first-order valence-electron chi connectivity index (χ1n) is 4.96. The molecule has 18 heavy (non-hydrogen) atoms. The van der Waals surface area contributed by atoms with Gasteiger partial charge in [-0.05, 0) is 12.1 Å². The number of hydrogen-bond acceptors (Lipinski definition) is 2. The molecule has 94 valence electrons. The summed E-state index contributed by atoms with van der Waals surface area (Å²) < 4.78 is 5.12.